The van der Waals surface area contributed by atoms with E-state index in [9.17, 15) is 4.79 Å². The van der Waals surface area contributed by atoms with Crippen molar-refractivity contribution in [3.05, 3.63) is 63.9 Å². The Morgan fingerprint density at radius 3 is 2.80 bits per heavy atom. The third-order valence-electron chi connectivity index (χ3n) is 3.64. The first-order chi connectivity index (χ1) is 12.2. The van der Waals surface area contributed by atoms with Crippen molar-refractivity contribution in [1.82, 2.24) is 15.0 Å². The first-order valence-corrected chi connectivity index (χ1v) is 9.86. The maximum absolute atomic E-state index is 13.0. The molecule has 1 aromatic carbocycles. The molecule has 0 aliphatic carbocycles. The average Bonchev–Trinajstić information content (AvgIpc) is 3.29. The van der Waals surface area contributed by atoms with E-state index >= 15 is 0 Å². The van der Waals surface area contributed by atoms with E-state index in [4.69, 9.17) is 4.52 Å². The summed E-state index contributed by atoms with van der Waals surface area (Å²) < 4.78 is 5.00. The van der Waals surface area contributed by atoms with Gasteiger partial charge < -0.3 is 9.42 Å². The molecule has 0 saturated heterocycles. The minimum atomic E-state index is 0.0447. The van der Waals surface area contributed by atoms with Crippen LogP contribution < -0.4 is 0 Å². The molecule has 5 nitrogen and oxygen atoms in total. The number of thiophene rings is 1. The van der Waals surface area contributed by atoms with Gasteiger partial charge in [-0.3, -0.25) is 4.79 Å². The quantitative estimate of drug-likeness (QED) is 0.575. The number of hydrogen-bond donors (Lipinski definition) is 0. The molecule has 0 saturated carbocycles. The number of aromatic nitrogens is 2. The minimum Gasteiger partial charge on any atom is -0.340 e. The fourth-order valence-electron chi connectivity index (χ4n) is 2.40. The molecular formula is C18H19N3O2S2. The molecule has 1 amide bonds. The van der Waals surface area contributed by atoms with Gasteiger partial charge in [0.1, 0.15) is 0 Å². The van der Waals surface area contributed by atoms with Crippen molar-refractivity contribution < 1.29 is 9.32 Å². The van der Waals surface area contributed by atoms with Gasteiger partial charge in [0.2, 0.25) is 5.89 Å². The standard InChI is InChI=1S/C18H19N3O2S2/c1-3-21(11-14-7-6-10-24-14)18(22)15-8-4-5-9-16(15)25-12-17-19-13(2)23-20-17/h4-10H,3,11-12H2,1-2H3. The Morgan fingerprint density at radius 1 is 1.28 bits per heavy atom. The van der Waals surface area contributed by atoms with Crippen molar-refractivity contribution in [3.63, 3.8) is 0 Å². The fourth-order valence-corrected chi connectivity index (χ4v) is 4.01. The molecule has 0 unspecified atom stereocenters. The molecular weight excluding hydrogens is 354 g/mol. The van der Waals surface area contributed by atoms with Crippen LogP contribution in [-0.4, -0.2) is 27.5 Å². The minimum absolute atomic E-state index is 0.0447. The zero-order chi connectivity index (χ0) is 17.6. The van der Waals surface area contributed by atoms with Crippen LogP contribution in [0.1, 0.15) is 33.9 Å². The van der Waals surface area contributed by atoms with Crippen molar-refractivity contribution in [2.75, 3.05) is 6.54 Å². The maximum Gasteiger partial charge on any atom is 0.255 e. The molecule has 0 aliphatic heterocycles. The Labute approximate surface area is 155 Å². The molecule has 7 heteroatoms. The second kappa shape index (κ2) is 8.31. The van der Waals surface area contributed by atoms with Gasteiger partial charge in [-0.05, 0) is 30.5 Å². The number of hydrogen-bond acceptors (Lipinski definition) is 6. The number of rotatable bonds is 7. The van der Waals surface area contributed by atoms with Gasteiger partial charge in [0, 0.05) is 23.2 Å². The van der Waals surface area contributed by atoms with Gasteiger partial charge in [0.25, 0.3) is 5.91 Å². The second-order valence-corrected chi connectivity index (χ2v) is 7.46. The largest absolute Gasteiger partial charge is 0.340 e. The summed E-state index contributed by atoms with van der Waals surface area (Å²) >= 11 is 3.21. The van der Waals surface area contributed by atoms with Crippen molar-refractivity contribution in [1.29, 1.82) is 0 Å². The third-order valence-corrected chi connectivity index (χ3v) is 5.57. The maximum atomic E-state index is 13.0. The average molecular weight is 374 g/mol. The van der Waals surface area contributed by atoms with E-state index in [1.807, 2.05) is 47.5 Å². The summed E-state index contributed by atoms with van der Waals surface area (Å²) in [5.41, 5.74) is 0.714. The van der Waals surface area contributed by atoms with Gasteiger partial charge in [0.15, 0.2) is 5.82 Å². The van der Waals surface area contributed by atoms with Crippen molar-refractivity contribution >= 4 is 29.0 Å². The molecule has 0 radical (unpaired) electrons. The topological polar surface area (TPSA) is 59.2 Å². The van der Waals surface area contributed by atoms with Crippen LogP contribution in [0.2, 0.25) is 0 Å². The molecule has 0 aliphatic rings. The SMILES string of the molecule is CCN(Cc1cccs1)C(=O)c1ccccc1SCc1noc(C)n1. The zero-order valence-corrected chi connectivity index (χ0v) is 15.8. The Hall–Kier alpha value is -2.12. The molecule has 2 aromatic heterocycles. The van der Waals surface area contributed by atoms with Crippen LogP contribution in [0.25, 0.3) is 0 Å². The Bertz CT molecular complexity index is 830. The predicted molar refractivity (Wildman–Crippen MR) is 99.8 cm³/mol. The third kappa shape index (κ3) is 4.49. The number of thioether (sulfide) groups is 1. The summed E-state index contributed by atoms with van der Waals surface area (Å²) in [5.74, 6) is 1.80. The van der Waals surface area contributed by atoms with E-state index in [1.165, 1.54) is 4.88 Å². The van der Waals surface area contributed by atoms with Crippen LogP contribution in [0.15, 0.2) is 51.2 Å². The first kappa shape index (κ1) is 17.7. The Kier molecular flexibility index (Phi) is 5.88. The van der Waals surface area contributed by atoms with E-state index < -0.39 is 0 Å². The number of carbonyl (C=O) groups is 1. The molecule has 0 fully saturated rings. The molecule has 0 spiro atoms. The van der Waals surface area contributed by atoms with Crippen molar-refractivity contribution in [2.24, 2.45) is 0 Å². The zero-order valence-electron chi connectivity index (χ0n) is 14.1. The summed E-state index contributed by atoms with van der Waals surface area (Å²) in [6.45, 7) is 5.07. The number of carbonyl (C=O) groups excluding carboxylic acids is 1. The summed E-state index contributed by atoms with van der Waals surface area (Å²) in [5, 5.41) is 5.94. The van der Waals surface area contributed by atoms with Crippen LogP contribution in [0.5, 0.6) is 0 Å². The first-order valence-electron chi connectivity index (χ1n) is 8.00. The lowest BCUT2D eigenvalue weighted by Crippen LogP contribution is -2.30. The molecule has 130 valence electrons. The van der Waals surface area contributed by atoms with Crippen LogP contribution in [-0.2, 0) is 12.3 Å². The number of aryl methyl sites for hydroxylation is 1. The van der Waals surface area contributed by atoms with Gasteiger partial charge in [-0.25, -0.2) is 0 Å². The highest BCUT2D eigenvalue weighted by atomic mass is 32.2. The molecule has 0 N–H and O–H groups in total. The highest BCUT2D eigenvalue weighted by molar-refractivity contribution is 7.98. The van der Waals surface area contributed by atoms with Crippen molar-refractivity contribution in [3.8, 4) is 0 Å². The normalized spacial score (nSPS) is 10.8. The van der Waals surface area contributed by atoms with Crippen LogP contribution >= 0.6 is 23.1 Å². The molecule has 3 rings (SSSR count). The van der Waals surface area contributed by atoms with Crippen LogP contribution in [0, 0.1) is 6.92 Å². The molecule has 2 heterocycles. The molecule has 0 atom stereocenters. The van der Waals surface area contributed by atoms with E-state index in [1.54, 1.807) is 30.0 Å². The van der Waals surface area contributed by atoms with Gasteiger partial charge in [0.05, 0.1) is 17.9 Å². The van der Waals surface area contributed by atoms with Gasteiger partial charge in [-0.2, -0.15) is 4.98 Å². The predicted octanol–water partition coefficient (Wildman–Crippen LogP) is 4.39. The Morgan fingerprint density at radius 2 is 2.12 bits per heavy atom. The van der Waals surface area contributed by atoms with E-state index in [0.717, 1.165) is 4.90 Å². The van der Waals surface area contributed by atoms with E-state index in [2.05, 4.69) is 16.2 Å². The molecule has 25 heavy (non-hydrogen) atoms. The summed E-state index contributed by atoms with van der Waals surface area (Å²) in [6.07, 6.45) is 0. The van der Waals surface area contributed by atoms with Crippen molar-refractivity contribution in [2.45, 2.75) is 31.0 Å². The van der Waals surface area contributed by atoms with E-state index in [-0.39, 0.29) is 5.91 Å². The van der Waals surface area contributed by atoms with Gasteiger partial charge in [-0.1, -0.05) is 23.4 Å². The monoisotopic (exact) mass is 373 g/mol. The summed E-state index contributed by atoms with van der Waals surface area (Å²) in [7, 11) is 0. The summed E-state index contributed by atoms with van der Waals surface area (Å²) in [6, 6.07) is 11.7. The van der Waals surface area contributed by atoms with Gasteiger partial charge in [-0.15, -0.1) is 23.1 Å². The molecule has 3 aromatic rings. The molecule has 0 bridgehead atoms. The second-order valence-electron chi connectivity index (χ2n) is 5.41. The smallest absolute Gasteiger partial charge is 0.255 e. The Balaban J connectivity index is 1.75. The van der Waals surface area contributed by atoms with Gasteiger partial charge >= 0.3 is 0 Å². The number of benzene rings is 1. The van der Waals surface area contributed by atoms with Crippen LogP contribution in [0.4, 0.5) is 0 Å². The number of nitrogens with zero attached hydrogens (tertiary/aromatic N) is 3. The van der Waals surface area contributed by atoms with Crippen LogP contribution in [0.3, 0.4) is 0 Å². The lowest BCUT2D eigenvalue weighted by molar-refractivity contribution is 0.0750. The summed E-state index contributed by atoms with van der Waals surface area (Å²) in [4.78, 5) is 21.2. The number of amides is 1. The lowest BCUT2D eigenvalue weighted by atomic mass is 10.2. The fraction of sp³-hybridized carbons (Fsp3) is 0.278. The van der Waals surface area contributed by atoms with E-state index in [0.29, 0.717) is 36.1 Å². The lowest BCUT2D eigenvalue weighted by Gasteiger charge is -2.21. The highest BCUT2D eigenvalue weighted by Gasteiger charge is 2.18. The highest BCUT2D eigenvalue weighted by Crippen LogP contribution is 2.27.